The molecule has 1 aliphatic carbocycles. The number of hydrogen-bond acceptors (Lipinski definition) is 5. The molecule has 2 aliphatic rings. The molecule has 0 unspecified atom stereocenters. The molecule has 31 heavy (non-hydrogen) atoms. The average molecular weight is 433 g/mol. The van der Waals surface area contributed by atoms with Gasteiger partial charge < -0.3 is 24.8 Å². The summed E-state index contributed by atoms with van der Waals surface area (Å²) >= 11 is 0. The number of methoxy groups -OCH3 is 1. The van der Waals surface area contributed by atoms with Crippen LogP contribution in [0.1, 0.15) is 43.2 Å². The van der Waals surface area contributed by atoms with E-state index >= 15 is 0 Å². The first-order valence-electron chi connectivity index (χ1n) is 11.7. The maximum absolute atomic E-state index is 5.93. The highest BCUT2D eigenvalue weighted by molar-refractivity contribution is 5.79. The highest BCUT2D eigenvalue weighted by Crippen LogP contribution is 2.33. The third-order valence-corrected chi connectivity index (χ3v) is 6.49. The summed E-state index contributed by atoms with van der Waals surface area (Å²) in [5, 5.41) is 7.11. The Hall–Kier alpha value is -1.83. The van der Waals surface area contributed by atoms with Crippen LogP contribution in [0.2, 0.25) is 0 Å². The van der Waals surface area contributed by atoms with Gasteiger partial charge in [-0.25, -0.2) is 0 Å². The van der Waals surface area contributed by atoms with Crippen molar-refractivity contribution in [3.8, 4) is 5.75 Å². The maximum atomic E-state index is 5.93. The van der Waals surface area contributed by atoms with Gasteiger partial charge in [0.1, 0.15) is 12.4 Å². The highest BCUT2D eigenvalue weighted by Gasteiger charge is 2.38. The lowest BCUT2D eigenvalue weighted by Gasteiger charge is -2.48. The Labute approximate surface area is 187 Å². The van der Waals surface area contributed by atoms with E-state index in [0.29, 0.717) is 19.8 Å². The molecule has 0 spiro atoms. The van der Waals surface area contributed by atoms with Gasteiger partial charge in [0.05, 0.1) is 19.8 Å². The first kappa shape index (κ1) is 23.8. The summed E-state index contributed by atoms with van der Waals surface area (Å²) < 4.78 is 16.7. The third-order valence-electron chi connectivity index (χ3n) is 6.49. The van der Waals surface area contributed by atoms with Gasteiger partial charge in [0, 0.05) is 51.4 Å². The molecule has 2 N–H and O–H groups in total. The molecule has 7 nitrogen and oxygen atoms in total. The van der Waals surface area contributed by atoms with Crippen LogP contribution in [-0.2, 0) is 16.0 Å². The number of morpholine rings is 1. The van der Waals surface area contributed by atoms with Gasteiger partial charge in [-0.15, -0.1) is 0 Å². The number of hydrogen-bond donors (Lipinski definition) is 2. The molecule has 0 aromatic heterocycles. The summed E-state index contributed by atoms with van der Waals surface area (Å²) in [7, 11) is 3.52. The Morgan fingerprint density at radius 1 is 1.13 bits per heavy atom. The Morgan fingerprint density at radius 2 is 1.90 bits per heavy atom. The van der Waals surface area contributed by atoms with E-state index in [1.165, 1.54) is 37.7 Å². The quantitative estimate of drug-likeness (QED) is 0.355. The molecule has 2 fully saturated rings. The van der Waals surface area contributed by atoms with E-state index in [1.54, 1.807) is 7.11 Å². The summed E-state index contributed by atoms with van der Waals surface area (Å²) in [6.07, 6.45) is 6.43. The van der Waals surface area contributed by atoms with E-state index in [9.17, 15) is 0 Å². The van der Waals surface area contributed by atoms with Crippen LogP contribution in [0.15, 0.2) is 23.2 Å². The van der Waals surface area contributed by atoms with Crippen molar-refractivity contribution in [1.82, 2.24) is 15.5 Å². The van der Waals surface area contributed by atoms with Gasteiger partial charge in [-0.2, -0.15) is 0 Å². The van der Waals surface area contributed by atoms with Gasteiger partial charge in [0.2, 0.25) is 0 Å². The normalized spacial score (nSPS) is 19.8. The summed E-state index contributed by atoms with van der Waals surface area (Å²) in [6.45, 7) is 8.51. The van der Waals surface area contributed by atoms with Crippen LogP contribution < -0.4 is 15.4 Å². The second kappa shape index (κ2) is 12.3. The van der Waals surface area contributed by atoms with E-state index < -0.39 is 0 Å². The van der Waals surface area contributed by atoms with Crippen LogP contribution in [0.4, 0.5) is 0 Å². The van der Waals surface area contributed by atoms with Gasteiger partial charge in [0.15, 0.2) is 5.96 Å². The summed E-state index contributed by atoms with van der Waals surface area (Å²) in [5.41, 5.74) is 2.51. The van der Waals surface area contributed by atoms with Gasteiger partial charge in [-0.3, -0.25) is 9.89 Å². The summed E-state index contributed by atoms with van der Waals surface area (Å²) in [5.74, 6) is 1.73. The predicted octanol–water partition coefficient (Wildman–Crippen LogP) is 2.72. The smallest absolute Gasteiger partial charge is 0.191 e. The zero-order valence-corrected chi connectivity index (χ0v) is 19.5. The Balaban J connectivity index is 1.59. The van der Waals surface area contributed by atoms with Crippen LogP contribution >= 0.6 is 0 Å². The zero-order valence-electron chi connectivity index (χ0n) is 19.5. The van der Waals surface area contributed by atoms with Crippen molar-refractivity contribution in [2.24, 2.45) is 4.99 Å². The number of ether oxygens (including phenoxy) is 3. The monoisotopic (exact) mass is 432 g/mol. The molecule has 7 heteroatoms. The van der Waals surface area contributed by atoms with Crippen molar-refractivity contribution >= 4 is 5.96 Å². The molecule has 0 amide bonds. The minimum Gasteiger partial charge on any atom is -0.491 e. The molecule has 1 aromatic rings. The molecule has 1 aromatic carbocycles. The Morgan fingerprint density at radius 3 is 2.61 bits per heavy atom. The van der Waals surface area contributed by atoms with Crippen molar-refractivity contribution in [2.45, 2.75) is 51.1 Å². The molecule has 3 rings (SSSR count). The molecule has 1 heterocycles. The number of nitrogens with one attached hydrogen (secondary N) is 2. The van der Waals surface area contributed by atoms with Crippen molar-refractivity contribution in [3.63, 3.8) is 0 Å². The van der Waals surface area contributed by atoms with E-state index in [-0.39, 0.29) is 5.54 Å². The van der Waals surface area contributed by atoms with Crippen LogP contribution in [0.3, 0.4) is 0 Å². The second-order valence-electron chi connectivity index (χ2n) is 8.62. The van der Waals surface area contributed by atoms with E-state index in [1.807, 2.05) is 7.05 Å². The first-order valence-corrected chi connectivity index (χ1v) is 11.7. The number of aryl methyl sites for hydroxylation is 1. The summed E-state index contributed by atoms with van der Waals surface area (Å²) in [4.78, 5) is 7.13. The standard InChI is InChI=1S/C24H40N4O3/c1-20-7-8-21(22(17-20)31-16-15-29-3)18-26-23(25-2)27-19-24(9-5-4-6-10-24)28-11-13-30-14-12-28/h7-8,17H,4-6,9-16,18-19H2,1-3H3,(H2,25,26,27). The molecule has 0 bridgehead atoms. The fraction of sp³-hybridized carbons (Fsp3) is 0.708. The third kappa shape index (κ3) is 6.82. The minimum absolute atomic E-state index is 0.206. The maximum Gasteiger partial charge on any atom is 0.191 e. The molecular weight excluding hydrogens is 392 g/mol. The van der Waals surface area contributed by atoms with Gasteiger partial charge in [-0.1, -0.05) is 31.4 Å². The average Bonchev–Trinajstić information content (AvgIpc) is 2.81. The van der Waals surface area contributed by atoms with Crippen molar-refractivity contribution < 1.29 is 14.2 Å². The van der Waals surface area contributed by atoms with Gasteiger partial charge in [0.25, 0.3) is 0 Å². The number of rotatable bonds is 9. The fourth-order valence-corrected chi connectivity index (χ4v) is 4.68. The first-order chi connectivity index (χ1) is 15.2. The molecule has 1 saturated carbocycles. The van der Waals surface area contributed by atoms with E-state index in [2.05, 4.69) is 45.6 Å². The van der Waals surface area contributed by atoms with Crippen molar-refractivity contribution in [3.05, 3.63) is 29.3 Å². The second-order valence-corrected chi connectivity index (χ2v) is 8.62. The van der Waals surface area contributed by atoms with E-state index in [4.69, 9.17) is 14.2 Å². The van der Waals surface area contributed by atoms with Crippen molar-refractivity contribution in [2.75, 3.05) is 60.2 Å². The number of benzene rings is 1. The summed E-state index contributed by atoms with van der Waals surface area (Å²) in [6, 6.07) is 6.32. The molecule has 174 valence electrons. The number of guanidine groups is 1. The van der Waals surface area contributed by atoms with Crippen LogP contribution in [0.25, 0.3) is 0 Å². The highest BCUT2D eigenvalue weighted by atomic mass is 16.5. The lowest BCUT2D eigenvalue weighted by atomic mass is 9.80. The number of nitrogens with zero attached hydrogens (tertiary/aromatic N) is 2. The van der Waals surface area contributed by atoms with Gasteiger partial charge in [-0.05, 0) is 31.4 Å². The van der Waals surface area contributed by atoms with Crippen molar-refractivity contribution in [1.29, 1.82) is 0 Å². The topological polar surface area (TPSA) is 67.4 Å². The predicted molar refractivity (Wildman–Crippen MR) is 125 cm³/mol. The van der Waals surface area contributed by atoms with Crippen LogP contribution in [-0.4, -0.2) is 76.6 Å². The van der Waals surface area contributed by atoms with Crippen LogP contribution in [0.5, 0.6) is 5.75 Å². The molecule has 1 aliphatic heterocycles. The van der Waals surface area contributed by atoms with E-state index in [0.717, 1.165) is 50.1 Å². The number of aliphatic imine (C=N–C) groups is 1. The molecule has 1 saturated heterocycles. The van der Waals surface area contributed by atoms with Gasteiger partial charge >= 0.3 is 0 Å². The Bertz CT molecular complexity index is 698. The Kier molecular flexibility index (Phi) is 9.43. The lowest BCUT2D eigenvalue weighted by molar-refractivity contribution is -0.0352. The lowest BCUT2D eigenvalue weighted by Crippen LogP contribution is -2.60. The minimum atomic E-state index is 0.206. The fourth-order valence-electron chi connectivity index (χ4n) is 4.68. The molecule has 0 atom stereocenters. The SMILES string of the molecule is CN=C(NCc1ccc(C)cc1OCCOC)NCC1(N2CCOCC2)CCCCC1. The molecular formula is C24H40N4O3. The van der Waals surface area contributed by atoms with Crippen LogP contribution in [0, 0.1) is 6.92 Å². The zero-order chi connectivity index (χ0) is 21.9. The molecule has 0 radical (unpaired) electrons. The largest absolute Gasteiger partial charge is 0.491 e.